The lowest BCUT2D eigenvalue weighted by Crippen LogP contribution is -2.40. The highest BCUT2D eigenvalue weighted by Gasteiger charge is 2.32. The number of nitrogens with one attached hydrogen (secondary N) is 2. The van der Waals surface area contributed by atoms with Crippen LogP contribution in [-0.4, -0.2) is 11.5 Å². The summed E-state index contributed by atoms with van der Waals surface area (Å²) in [5.74, 6) is 0. The molecule has 0 saturated carbocycles. The second-order valence-corrected chi connectivity index (χ2v) is 4.65. The van der Waals surface area contributed by atoms with Crippen molar-refractivity contribution in [3.05, 3.63) is 23.5 Å². The van der Waals surface area contributed by atoms with Crippen molar-refractivity contribution in [2.75, 3.05) is 6.54 Å². The van der Waals surface area contributed by atoms with E-state index in [2.05, 4.69) is 36.4 Å². The number of unbranched alkanes of at least 4 members (excludes halogenated alkanes) is 1. The molecule has 78 valence electrons. The van der Waals surface area contributed by atoms with E-state index in [1.54, 1.807) is 0 Å². The molecule has 0 amide bonds. The van der Waals surface area contributed by atoms with Gasteiger partial charge in [0.1, 0.15) is 0 Å². The Morgan fingerprint density at radius 2 is 2.36 bits per heavy atom. The Labute approximate surface area is 86.1 Å². The number of fused-ring (bicyclic) bond motifs is 1. The van der Waals surface area contributed by atoms with Crippen LogP contribution in [0.25, 0.3) is 0 Å². The molecule has 1 aromatic heterocycles. The highest BCUT2D eigenvalue weighted by Crippen LogP contribution is 2.33. The molecule has 2 heteroatoms. The van der Waals surface area contributed by atoms with Crippen LogP contribution in [-0.2, 0) is 12.0 Å². The molecule has 2 nitrogen and oxygen atoms in total. The summed E-state index contributed by atoms with van der Waals surface area (Å²) in [6.07, 6.45) is 5.95. The van der Waals surface area contributed by atoms with Gasteiger partial charge in [-0.2, -0.15) is 0 Å². The van der Waals surface area contributed by atoms with Crippen molar-refractivity contribution in [2.24, 2.45) is 0 Å². The molecule has 14 heavy (non-hydrogen) atoms. The molecular weight excluding hydrogens is 172 g/mol. The number of H-pyrrole nitrogens is 1. The van der Waals surface area contributed by atoms with Crippen LogP contribution in [0.1, 0.15) is 44.4 Å². The molecule has 0 spiro atoms. The molecule has 0 saturated heterocycles. The van der Waals surface area contributed by atoms with E-state index in [9.17, 15) is 0 Å². The van der Waals surface area contributed by atoms with Crippen molar-refractivity contribution >= 4 is 0 Å². The Morgan fingerprint density at radius 3 is 3.14 bits per heavy atom. The van der Waals surface area contributed by atoms with Crippen molar-refractivity contribution in [2.45, 2.75) is 45.1 Å². The molecule has 0 fully saturated rings. The Balaban J connectivity index is 2.21. The van der Waals surface area contributed by atoms with Crippen LogP contribution in [0.5, 0.6) is 0 Å². The Hall–Kier alpha value is -0.760. The van der Waals surface area contributed by atoms with Crippen molar-refractivity contribution in [3.63, 3.8) is 0 Å². The van der Waals surface area contributed by atoms with E-state index >= 15 is 0 Å². The molecule has 1 atom stereocenters. The number of rotatable bonds is 3. The van der Waals surface area contributed by atoms with E-state index in [1.807, 2.05) is 0 Å². The lowest BCUT2D eigenvalue weighted by atomic mass is 9.78. The summed E-state index contributed by atoms with van der Waals surface area (Å²) in [6.45, 7) is 6.76. The molecule has 1 aliphatic rings. The van der Waals surface area contributed by atoms with Gasteiger partial charge in [0.25, 0.3) is 0 Å². The third-order valence-electron chi connectivity index (χ3n) is 3.35. The fourth-order valence-electron chi connectivity index (χ4n) is 2.45. The van der Waals surface area contributed by atoms with Gasteiger partial charge in [0.15, 0.2) is 0 Å². The second-order valence-electron chi connectivity index (χ2n) is 4.65. The van der Waals surface area contributed by atoms with Crippen LogP contribution < -0.4 is 5.32 Å². The van der Waals surface area contributed by atoms with Crippen molar-refractivity contribution < 1.29 is 0 Å². The quantitative estimate of drug-likeness (QED) is 0.757. The van der Waals surface area contributed by atoms with Gasteiger partial charge in [-0.25, -0.2) is 0 Å². The fourth-order valence-corrected chi connectivity index (χ4v) is 2.45. The predicted molar refractivity (Wildman–Crippen MR) is 59.4 cm³/mol. The van der Waals surface area contributed by atoms with E-state index in [4.69, 9.17) is 0 Å². The second kappa shape index (κ2) is 3.77. The molecule has 0 aromatic carbocycles. The minimum absolute atomic E-state index is 0.326. The van der Waals surface area contributed by atoms with E-state index in [0.29, 0.717) is 5.41 Å². The molecule has 1 aliphatic heterocycles. The minimum atomic E-state index is 0.326. The first-order valence-electron chi connectivity index (χ1n) is 5.64. The topological polar surface area (TPSA) is 27.8 Å². The van der Waals surface area contributed by atoms with Crippen molar-refractivity contribution in [1.82, 2.24) is 10.3 Å². The van der Waals surface area contributed by atoms with E-state index in [-0.39, 0.29) is 0 Å². The molecular formula is C12H20N2. The first-order chi connectivity index (χ1) is 6.76. The predicted octanol–water partition coefficient (Wildman–Crippen LogP) is 2.57. The monoisotopic (exact) mass is 192 g/mol. The summed E-state index contributed by atoms with van der Waals surface area (Å²) in [6, 6.07) is 2.20. The van der Waals surface area contributed by atoms with Crippen molar-refractivity contribution in [3.8, 4) is 0 Å². The molecule has 2 rings (SSSR count). The van der Waals surface area contributed by atoms with Gasteiger partial charge in [-0.1, -0.05) is 26.7 Å². The van der Waals surface area contributed by atoms with Crippen LogP contribution in [0.15, 0.2) is 12.3 Å². The first kappa shape index (κ1) is 9.78. The largest absolute Gasteiger partial charge is 0.364 e. The van der Waals surface area contributed by atoms with Gasteiger partial charge in [0.05, 0.1) is 0 Å². The van der Waals surface area contributed by atoms with Gasteiger partial charge >= 0.3 is 0 Å². The van der Waals surface area contributed by atoms with Gasteiger partial charge in [0, 0.05) is 30.4 Å². The Bertz CT molecular complexity index is 303. The van der Waals surface area contributed by atoms with Crippen LogP contribution >= 0.6 is 0 Å². The van der Waals surface area contributed by atoms with E-state index in [0.717, 1.165) is 13.1 Å². The summed E-state index contributed by atoms with van der Waals surface area (Å²) in [7, 11) is 0. The van der Waals surface area contributed by atoms with Crippen LogP contribution in [0.3, 0.4) is 0 Å². The highest BCUT2D eigenvalue weighted by molar-refractivity contribution is 5.30. The Morgan fingerprint density at radius 1 is 1.50 bits per heavy atom. The summed E-state index contributed by atoms with van der Waals surface area (Å²) < 4.78 is 0. The number of hydrogen-bond acceptors (Lipinski definition) is 1. The first-order valence-corrected chi connectivity index (χ1v) is 5.64. The average molecular weight is 192 g/mol. The summed E-state index contributed by atoms with van der Waals surface area (Å²) in [5.41, 5.74) is 3.24. The maximum atomic E-state index is 3.51. The van der Waals surface area contributed by atoms with Gasteiger partial charge in [-0.15, -0.1) is 0 Å². The number of aromatic amines is 1. The maximum Gasteiger partial charge on any atom is 0.0265 e. The van der Waals surface area contributed by atoms with E-state index < -0.39 is 0 Å². The molecule has 0 bridgehead atoms. The van der Waals surface area contributed by atoms with Gasteiger partial charge in [-0.05, 0) is 18.1 Å². The van der Waals surface area contributed by atoms with Gasteiger partial charge in [-0.3, -0.25) is 0 Å². The smallest absolute Gasteiger partial charge is 0.0265 e. The minimum Gasteiger partial charge on any atom is -0.364 e. The zero-order valence-corrected chi connectivity index (χ0v) is 9.19. The SMILES string of the molecule is CCCCC1(C)CNCc2cc[nH]c21. The van der Waals surface area contributed by atoms with Crippen LogP contribution in [0.2, 0.25) is 0 Å². The lowest BCUT2D eigenvalue weighted by Gasteiger charge is -2.34. The maximum absolute atomic E-state index is 3.51. The zero-order valence-electron chi connectivity index (χ0n) is 9.19. The third kappa shape index (κ3) is 1.59. The molecule has 1 aromatic rings. The molecule has 2 heterocycles. The van der Waals surface area contributed by atoms with Crippen molar-refractivity contribution in [1.29, 1.82) is 0 Å². The van der Waals surface area contributed by atoms with Crippen LogP contribution in [0.4, 0.5) is 0 Å². The normalized spacial score (nSPS) is 26.1. The summed E-state index contributed by atoms with van der Waals surface area (Å²) in [4.78, 5) is 3.42. The molecule has 0 radical (unpaired) electrons. The standard InChI is InChI=1S/C12H20N2/c1-3-4-6-12(2)9-13-8-10-5-7-14-11(10)12/h5,7,13-14H,3-4,6,8-9H2,1-2H3. The molecule has 1 unspecified atom stereocenters. The van der Waals surface area contributed by atoms with Gasteiger partial charge < -0.3 is 10.3 Å². The van der Waals surface area contributed by atoms with E-state index in [1.165, 1.54) is 30.5 Å². The molecule has 0 aliphatic carbocycles. The number of hydrogen-bond donors (Lipinski definition) is 2. The highest BCUT2D eigenvalue weighted by atomic mass is 14.9. The lowest BCUT2D eigenvalue weighted by molar-refractivity contribution is 0.356. The Kier molecular flexibility index (Phi) is 2.64. The third-order valence-corrected chi connectivity index (χ3v) is 3.35. The zero-order chi connectivity index (χ0) is 10.0. The fraction of sp³-hybridized carbons (Fsp3) is 0.667. The van der Waals surface area contributed by atoms with Gasteiger partial charge in [0.2, 0.25) is 0 Å². The number of aromatic nitrogens is 1. The van der Waals surface area contributed by atoms with Crippen LogP contribution in [0, 0.1) is 0 Å². The average Bonchev–Trinajstić information content (AvgIpc) is 2.65. The molecule has 2 N–H and O–H groups in total. The summed E-state index contributed by atoms with van der Waals surface area (Å²) >= 11 is 0. The summed E-state index contributed by atoms with van der Waals surface area (Å²) in [5, 5.41) is 3.51.